The van der Waals surface area contributed by atoms with E-state index in [9.17, 15) is 9.69 Å². The second-order valence-electron chi connectivity index (χ2n) is 9.55. The third kappa shape index (κ3) is 19.5. The number of aryl methyl sites for hydroxylation is 1. The molecule has 0 radical (unpaired) electrons. The molecule has 2 unspecified atom stereocenters. The molecule has 1 aromatic rings. The van der Waals surface area contributed by atoms with Gasteiger partial charge in [-0.3, -0.25) is 4.79 Å². The van der Waals surface area contributed by atoms with Crippen LogP contribution < -0.4 is 10.1 Å². The molecule has 0 bridgehead atoms. The molecule has 0 amide bonds. The van der Waals surface area contributed by atoms with Gasteiger partial charge in [0.1, 0.15) is 11.9 Å². The van der Waals surface area contributed by atoms with E-state index in [-0.39, 0.29) is 12.6 Å². The first-order valence-electron chi connectivity index (χ1n) is 14.4. The molecule has 0 spiro atoms. The molecule has 7 nitrogen and oxygen atoms in total. The fraction of sp³-hybridized carbons (Fsp3) is 0.759. The van der Waals surface area contributed by atoms with E-state index in [1.807, 2.05) is 26.1 Å². The summed E-state index contributed by atoms with van der Waals surface area (Å²) in [6.45, 7) is 6.01. The number of benzene rings is 1. The minimum absolute atomic E-state index is 0.103. The molecule has 8 heteroatoms. The second-order valence-corrected chi connectivity index (χ2v) is 10.5. The van der Waals surface area contributed by atoms with Crippen LogP contribution in [0.3, 0.4) is 0 Å². The van der Waals surface area contributed by atoms with Crippen LogP contribution >= 0.6 is 8.60 Å². The van der Waals surface area contributed by atoms with Gasteiger partial charge >= 0.3 is 14.6 Å². The lowest BCUT2D eigenvalue weighted by molar-refractivity contribution is -0.151. The zero-order valence-corrected chi connectivity index (χ0v) is 24.4. The Hall–Kier alpha value is -1.24. The number of unbranched alkanes of at least 4 members (excludes halogenated alkanes) is 9. The van der Waals surface area contributed by atoms with Crippen molar-refractivity contribution in [3.8, 4) is 5.75 Å². The molecule has 2 N–H and O–H groups in total. The number of likely N-dealkylation sites (N-methyl/N-ethyl adjacent to an activating group) is 1. The lowest BCUT2D eigenvalue weighted by atomic mass is 10.1. The van der Waals surface area contributed by atoms with Gasteiger partial charge in [-0.2, -0.15) is 0 Å². The zero-order valence-electron chi connectivity index (χ0n) is 23.6. The third-order valence-electron chi connectivity index (χ3n) is 6.10. The molecule has 1 aromatic carbocycles. The lowest BCUT2D eigenvalue weighted by Crippen LogP contribution is -2.24. The monoisotopic (exact) mass is 541 g/mol. The Labute approximate surface area is 227 Å². The van der Waals surface area contributed by atoms with Crippen LogP contribution in [0.4, 0.5) is 0 Å². The highest BCUT2D eigenvalue weighted by Gasteiger charge is 2.18. The number of esters is 1. The second kappa shape index (κ2) is 23.8. The minimum Gasteiger partial charge on any atom is -0.494 e. The molecule has 0 fully saturated rings. The number of carbonyl (C=O) groups excluding carboxylic acids is 1. The van der Waals surface area contributed by atoms with Crippen LogP contribution in [0.25, 0.3) is 0 Å². The van der Waals surface area contributed by atoms with E-state index in [0.717, 1.165) is 30.8 Å². The van der Waals surface area contributed by atoms with Crippen LogP contribution in [0.1, 0.15) is 103 Å². The van der Waals surface area contributed by atoms with Crippen LogP contribution in [0.15, 0.2) is 24.3 Å². The molecule has 2 atom stereocenters. The van der Waals surface area contributed by atoms with Crippen molar-refractivity contribution < 1.29 is 28.2 Å². The molecular weight excluding hydrogens is 489 g/mol. The first-order valence-corrected chi connectivity index (χ1v) is 15.5. The SMILES string of the molecule is CCCCCCCCCCCCOc1cccc(CCC(COP(O)OCCNC)OC(=O)CCC)c1. The highest BCUT2D eigenvalue weighted by molar-refractivity contribution is 7.40. The van der Waals surface area contributed by atoms with E-state index in [1.54, 1.807) is 0 Å². The molecule has 37 heavy (non-hydrogen) atoms. The summed E-state index contributed by atoms with van der Waals surface area (Å²) in [4.78, 5) is 22.0. The Morgan fingerprint density at radius 2 is 1.65 bits per heavy atom. The van der Waals surface area contributed by atoms with Crippen LogP contribution in [0.2, 0.25) is 0 Å². The number of carbonyl (C=O) groups is 1. The molecule has 0 aliphatic carbocycles. The van der Waals surface area contributed by atoms with Gasteiger partial charge in [-0.1, -0.05) is 83.8 Å². The topological polar surface area (TPSA) is 86.2 Å². The van der Waals surface area contributed by atoms with Crippen molar-refractivity contribution in [1.82, 2.24) is 5.32 Å². The van der Waals surface area contributed by atoms with Gasteiger partial charge in [0.05, 0.1) is 19.8 Å². The first-order chi connectivity index (χ1) is 18.1. The van der Waals surface area contributed by atoms with Gasteiger partial charge in [0.25, 0.3) is 0 Å². The first kappa shape index (κ1) is 33.8. The van der Waals surface area contributed by atoms with Crippen molar-refractivity contribution in [2.75, 3.05) is 33.4 Å². The molecule has 0 saturated carbocycles. The Morgan fingerprint density at radius 3 is 2.32 bits per heavy atom. The molecule has 214 valence electrons. The highest BCUT2D eigenvalue weighted by Crippen LogP contribution is 2.33. The summed E-state index contributed by atoms with van der Waals surface area (Å²) >= 11 is 0. The molecule has 0 aromatic heterocycles. The minimum atomic E-state index is -2.00. The summed E-state index contributed by atoms with van der Waals surface area (Å²) in [5.41, 5.74) is 1.12. The number of ether oxygens (including phenoxy) is 2. The predicted octanol–water partition coefficient (Wildman–Crippen LogP) is 7.10. The summed E-state index contributed by atoms with van der Waals surface area (Å²) in [6, 6.07) is 8.10. The van der Waals surface area contributed by atoms with Gasteiger partial charge in [0.15, 0.2) is 0 Å². The molecule has 1 rings (SSSR count). The van der Waals surface area contributed by atoms with Crippen molar-refractivity contribution in [2.24, 2.45) is 0 Å². The standard InChI is InChI=1S/C29H52NO6P/c1-4-6-7-8-9-10-11-12-13-14-22-33-27-18-15-17-26(24-27)19-20-28(36-29(31)16-5-2)25-35-37(32)34-23-21-30-3/h15,17-18,24,28,30,32H,4-14,16,19-23,25H2,1-3H3. The summed E-state index contributed by atoms with van der Waals surface area (Å²) in [6.07, 6.45) is 15.1. The van der Waals surface area contributed by atoms with Crippen LogP contribution in [-0.2, 0) is 25.0 Å². The zero-order chi connectivity index (χ0) is 27.0. The molecule has 0 aliphatic rings. The van der Waals surface area contributed by atoms with Crippen molar-refractivity contribution in [3.63, 3.8) is 0 Å². The average Bonchev–Trinajstić information content (AvgIpc) is 2.89. The fourth-order valence-corrected chi connectivity index (χ4v) is 4.55. The summed E-state index contributed by atoms with van der Waals surface area (Å²) < 4.78 is 22.3. The van der Waals surface area contributed by atoms with Gasteiger partial charge in [0, 0.05) is 13.0 Å². The van der Waals surface area contributed by atoms with Crippen LogP contribution in [-0.4, -0.2) is 50.4 Å². The normalized spacial score (nSPS) is 12.9. The summed E-state index contributed by atoms with van der Waals surface area (Å²) in [5, 5.41) is 2.94. The van der Waals surface area contributed by atoms with Gasteiger partial charge in [-0.25, -0.2) is 0 Å². The van der Waals surface area contributed by atoms with Crippen LogP contribution in [0, 0.1) is 0 Å². The van der Waals surface area contributed by atoms with Gasteiger partial charge in [-0.05, 0) is 50.4 Å². The Morgan fingerprint density at radius 1 is 0.946 bits per heavy atom. The largest absolute Gasteiger partial charge is 0.494 e. The van der Waals surface area contributed by atoms with E-state index in [0.29, 0.717) is 32.4 Å². The summed E-state index contributed by atoms with van der Waals surface area (Å²) in [7, 11) is -0.186. The van der Waals surface area contributed by atoms with Crippen molar-refractivity contribution >= 4 is 14.6 Å². The number of rotatable bonds is 25. The maximum atomic E-state index is 12.1. The van der Waals surface area contributed by atoms with Gasteiger partial charge in [-0.15, -0.1) is 0 Å². The quantitative estimate of drug-likeness (QED) is 0.0775. The van der Waals surface area contributed by atoms with Crippen molar-refractivity contribution in [2.45, 2.75) is 110 Å². The Bertz CT molecular complexity index is 678. The van der Waals surface area contributed by atoms with Gasteiger partial charge < -0.3 is 28.7 Å². The van der Waals surface area contributed by atoms with E-state index in [1.165, 1.54) is 57.8 Å². The number of nitrogens with one attached hydrogen (secondary N) is 1. The van der Waals surface area contributed by atoms with E-state index in [2.05, 4.69) is 24.4 Å². The maximum absolute atomic E-state index is 12.1. The van der Waals surface area contributed by atoms with Crippen LogP contribution in [0.5, 0.6) is 5.75 Å². The molecule has 0 saturated heterocycles. The number of hydrogen-bond donors (Lipinski definition) is 2. The molecule has 0 aliphatic heterocycles. The van der Waals surface area contributed by atoms with E-state index in [4.69, 9.17) is 18.5 Å². The smallest absolute Gasteiger partial charge is 0.330 e. The van der Waals surface area contributed by atoms with E-state index >= 15 is 0 Å². The van der Waals surface area contributed by atoms with Crippen molar-refractivity contribution in [3.05, 3.63) is 29.8 Å². The van der Waals surface area contributed by atoms with Crippen molar-refractivity contribution in [1.29, 1.82) is 0 Å². The number of hydrogen-bond acceptors (Lipinski definition) is 7. The fourth-order valence-electron chi connectivity index (χ4n) is 3.93. The summed E-state index contributed by atoms with van der Waals surface area (Å²) in [5.74, 6) is 0.629. The highest BCUT2D eigenvalue weighted by atomic mass is 31.2. The predicted molar refractivity (Wildman–Crippen MR) is 152 cm³/mol. The lowest BCUT2D eigenvalue weighted by Gasteiger charge is -2.19. The molecular formula is C29H52NO6P. The maximum Gasteiger partial charge on any atom is 0.330 e. The Balaban J connectivity index is 2.35. The molecule has 0 heterocycles. The van der Waals surface area contributed by atoms with E-state index < -0.39 is 14.7 Å². The van der Waals surface area contributed by atoms with Gasteiger partial charge in [0.2, 0.25) is 0 Å². The third-order valence-corrected chi connectivity index (χ3v) is 6.87. The Kier molecular flexibility index (Phi) is 21.8. The average molecular weight is 542 g/mol.